The molecule has 2 aromatic carbocycles. The molecular formula is C21H25ClN2O2. The van der Waals surface area contributed by atoms with Crippen LogP contribution in [0.25, 0.3) is 0 Å². The first-order valence-corrected chi connectivity index (χ1v) is 9.47. The van der Waals surface area contributed by atoms with E-state index >= 15 is 0 Å². The second kappa shape index (κ2) is 9.06. The minimum Gasteiger partial charge on any atom is -0.489 e. The van der Waals surface area contributed by atoms with Crippen LogP contribution in [0.2, 0.25) is 5.02 Å². The summed E-state index contributed by atoms with van der Waals surface area (Å²) >= 11 is 5.89. The SMILES string of the molecule is NC1CCC(NC(=O)Cc2cccc(OCc3ccc(Cl)cc3)c2)CC1. The average molecular weight is 373 g/mol. The van der Waals surface area contributed by atoms with E-state index in [-0.39, 0.29) is 18.0 Å². The fraction of sp³-hybridized carbons (Fsp3) is 0.381. The monoisotopic (exact) mass is 372 g/mol. The Morgan fingerprint density at radius 2 is 1.81 bits per heavy atom. The van der Waals surface area contributed by atoms with Crippen molar-refractivity contribution in [2.45, 2.75) is 50.8 Å². The maximum atomic E-state index is 12.3. The number of hydrogen-bond acceptors (Lipinski definition) is 3. The van der Waals surface area contributed by atoms with E-state index in [0.717, 1.165) is 42.6 Å². The third kappa shape index (κ3) is 5.75. The molecule has 0 unspecified atom stereocenters. The number of carbonyl (C=O) groups excluding carboxylic acids is 1. The second-order valence-electron chi connectivity index (χ2n) is 6.92. The largest absolute Gasteiger partial charge is 0.489 e. The van der Waals surface area contributed by atoms with Gasteiger partial charge in [-0.2, -0.15) is 0 Å². The highest BCUT2D eigenvalue weighted by Gasteiger charge is 2.20. The Balaban J connectivity index is 1.50. The fourth-order valence-corrected chi connectivity index (χ4v) is 3.35. The first-order valence-electron chi connectivity index (χ1n) is 9.09. The summed E-state index contributed by atoms with van der Waals surface area (Å²) in [4.78, 5) is 12.3. The molecule has 138 valence electrons. The second-order valence-corrected chi connectivity index (χ2v) is 7.35. The molecule has 3 N–H and O–H groups in total. The summed E-state index contributed by atoms with van der Waals surface area (Å²) in [6, 6.07) is 15.8. The van der Waals surface area contributed by atoms with E-state index in [9.17, 15) is 4.79 Å². The van der Waals surface area contributed by atoms with E-state index in [1.54, 1.807) is 0 Å². The van der Waals surface area contributed by atoms with Crippen LogP contribution in [-0.2, 0) is 17.8 Å². The predicted molar refractivity (Wildman–Crippen MR) is 104 cm³/mol. The molecule has 1 saturated carbocycles. The number of hydrogen-bond donors (Lipinski definition) is 2. The molecule has 1 amide bonds. The summed E-state index contributed by atoms with van der Waals surface area (Å²) in [7, 11) is 0. The molecule has 0 atom stereocenters. The van der Waals surface area contributed by atoms with Crippen LogP contribution < -0.4 is 15.8 Å². The highest BCUT2D eigenvalue weighted by atomic mass is 35.5. The smallest absolute Gasteiger partial charge is 0.224 e. The number of ether oxygens (including phenoxy) is 1. The summed E-state index contributed by atoms with van der Waals surface area (Å²) in [5.41, 5.74) is 7.91. The van der Waals surface area contributed by atoms with Crippen LogP contribution in [0.5, 0.6) is 5.75 Å². The summed E-state index contributed by atoms with van der Waals surface area (Å²) < 4.78 is 5.83. The predicted octanol–water partition coefficient (Wildman–Crippen LogP) is 3.85. The van der Waals surface area contributed by atoms with Gasteiger partial charge in [-0.25, -0.2) is 0 Å². The molecule has 3 rings (SSSR count). The van der Waals surface area contributed by atoms with E-state index in [4.69, 9.17) is 22.1 Å². The van der Waals surface area contributed by atoms with Crippen molar-refractivity contribution in [1.82, 2.24) is 5.32 Å². The van der Waals surface area contributed by atoms with Crippen molar-refractivity contribution in [2.24, 2.45) is 5.73 Å². The quantitative estimate of drug-likeness (QED) is 0.809. The van der Waals surface area contributed by atoms with E-state index in [1.165, 1.54) is 0 Å². The Kier molecular flexibility index (Phi) is 6.53. The van der Waals surface area contributed by atoms with Crippen molar-refractivity contribution in [2.75, 3.05) is 0 Å². The molecule has 0 aliphatic heterocycles. The molecule has 0 radical (unpaired) electrons. The van der Waals surface area contributed by atoms with Crippen LogP contribution in [0.4, 0.5) is 0 Å². The van der Waals surface area contributed by atoms with Gasteiger partial charge < -0.3 is 15.8 Å². The number of nitrogens with two attached hydrogens (primary N) is 1. The summed E-state index contributed by atoms with van der Waals surface area (Å²) in [6.45, 7) is 0.467. The lowest BCUT2D eigenvalue weighted by molar-refractivity contribution is -0.121. The van der Waals surface area contributed by atoms with Crippen molar-refractivity contribution >= 4 is 17.5 Å². The van der Waals surface area contributed by atoms with Crippen molar-refractivity contribution in [3.8, 4) is 5.75 Å². The van der Waals surface area contributed by atoms with Gasteiger partial charge in [-0.15, -0.1) is 0 Å². The molecule has 1 aliphatic rings. The van der Waals surface area contributed by atoms with E-state index in [0.29, 0.717) is 18.1 Å². The van der Waals surface area contributed by atoms with E-state index in [1.807, 2.05) is 48.5 Å². The lowest BCUT2D eigenvalue weighted by Crippen LogP contribution is -2.41. The van der Waals surface area contributed by atoms with Gasteiger partial charge >= 0.3 is 0 Å². The zero-order valence-corrected chi connectivity index (χ0v) is 15.5. The topological polar surface area (TPSA) is 64.3 Å². The zero-order chi connectivity index (χ0) is 18.4. The molecule has 2 aromatic rings. The number of halogens is 1. The van der Waals surface area contributed by atoms with Crippen LogP contribution in [0.1, 0.15) is 36.8 Å². The Hall–Kier alpha value is -2.04. The third-order valence-corrected chi connectivity index (χ3v) is 4.97. The van der Waals surface area contributed by atoms with Crippen molar-refractivity contribution in [1.29, 1.82) is 0 Å². The van der Waals surface area contributed by atoms with Crippen molar-refractivity contribution in [3.05, 3.63) is 64.7 Å². The highest BCUT2D eigenvalue weighted by Crippen LogP contribution is 2.19. The van der Waals surface area contributed by atoms with Gasteiger partial charge in [-0.3, -0.25) is 4.79 Å². The average Bonchev–Trinajstić information content (AvgIpc) is 2.63. The van der Waals surface area contributed by atoms with Gasteiger partial charge in [0.25, 0.3) is 0 Å². The number of carbonyl (C=O) groups is 1. The number of amides is 1. The molecule has 26 heavy (non-hydrogen) atoms. The molecule has 5 heteroatoms. The van der Waals surface area contributed by atoms with Gasteiger partial charge in [0.2, 0.25) is 5.91 Å². The molecule has 0 aromatic heterocycles. The lowest BCUT2D eigenvalue weighted by Gasteiger charge is -2.26. The van der Waals surface area contributed by atoms with Crippen molar-refractivity contribution in [3.63, 3.8) is 0 Å². The maximum absolute atomic E-state index is 12.3. The van der Waals surface area contributed by atoms with Crippen molar-refractivity contribution < 1.29 is 9.53 Å². The van der Waals surface area contributed by atoms with Gasteiger partial charge in [0.05, 0.1) is 6.42 Å². The maximum Gasteiger partial charge on any atom is 0.224 e. The molecule has 1 aliphatic carbocycles. The van der Waals surface area contributed by atoms with Gasteiger partial charge in [0.1, 0.15) is 12.4 Å². The van der Waals surface area contributed by atoms with Gasteiger partial charge in [-0.1, -0.05) is 35.9 Å². The van der Waals surface area contributed by atoms with Crippen LogP contribution in [0.15, 0.2) is 48.5 Å². The number of benzene rings is 2. The molecule has 0 spiro atoms. The number of rotatable bonds is 6. The van der Waals surface area contributed by atoms with E-state index in [2.05, 4.69) is 5.32 Å². The van der Waals surface area contributed by atoms with Crippen LogP contribution in [-0.4, -0.2) is 18.0 Å². The molecule has 4 nitrogen and oxygen atoms in total. The molecule has 0 heterocycles. The van der Waals surface area contributed by atoms with Gasteiger partial charge in [0, 0.05) is 17.1 Å². The molecule has 0 saturated heterocycles. The Morgan fingerprint density at radius 1 is 1.08 bits per heavy atom. The van der Waals surface area contributed by atoms with Gasteiger partial charge in [-0.05, 0) is 61.1 Å². The third-order valence-electron chi connectivity index (χ3n) is 4.72. The normalized spacial score (nSPS) is 19.8. The molecular weight excluding hydrogens is 348 g/mol. The summed E-state index contributed by atoms with van der Waals surface area (Å²) in [5, 5.41) is 3.83. The molecule has 0 bridgehead atoms. The first kappa shape index (κ1) is 18.7. The van der Waals surface area contributed by atoms with Gasteiger partial charge in [0.15, 0.2) is 0 Å². The van der Waals surface area contributed by atoms with Crippen LogP contribution in [0, 0.1) is 0 Å². The number of nitrogens with one attached hydrogen (secondary N) is 1. The van der Waals surface area contributed by atoms with Crippen LogP contribution >= 0.6 is 11.6 Å². The Bertz CT molecular complexity index is 725. The lowest BCUT2D eigenvalue weighted by atomic mass is 9.91. The highest BCUT2D eigenvalue weighted by molar-refractivity contribution is 6.30. The Labute approximate surface area is 159 Å². The Morgan fingerprint density at radius 3 is 2.54 bits per heavy atom. The van der Waals surface area contributed by atoms with Crippen LogP contribution in [0.3, 0.4) is 0 Å². The minimum atomic E-state index is 0.0559. The first-order chi connectivity index (χ1) is 12.6. The summed E-state index contributed by atoms with van der Waals surface area (Å²) in [6.07, 6.45) is 4.27. The zero-order valence-electron chi connectivity index (χ0n) is 14.8. The van der Waals surface area contributed by atoms with E-state index < -0.39 is 0 Å². The fourth-order valence-electron chi connectivity index (χ4n) is 3.22. The standard InChI is InChI=1S/C21H25ClN2O2/c22-17-6-4-15(5-7-17)14-26-20-3-1-2-16(12-20)13-21(25)24-19-10-8-18(23)9-11-19/h1-7,12,18-19H,8-11,13-14,23H2,(H,24,25). The minimum absolute atomic E-state index is 0.0559. The molecule has 1 fully saturated rings. The summed E-state index contributed by atoms with van der Waals surface area (Å²) in [5.74, 6) is 0.814.